The van der Waals surface area contributed by atoms with Crippen LogP contribution in [0, 0.1) is 75.5 Å². The summed E-state index contributed by atoms with van der Waals surface area (Å²) in [5, 5.41) is 41.8. The average molecular weight is 516 g/mol. The van der Waals surface area contributed by atoms with Crippen molar-refractivity contribution in [1.82, 2.24) is 0 Å². The Hall–Kier alpha value is 0.329. The molecule has 0 unspecified atom stereocenters. The third-order valence-electron chi connectivity index (χ3n) is 0. The van der Waals surface area contributed by atoms with Gasteiger partial charge in [0.25, 0.3) is 0 Å². The number of carbonyl (C=O) groups is 3. The van der Waals surface area contributed by atoms with E-state index in [4.69, 9.17) is 45.0 Å². The van der Waals surface area contributed by atoms with Gasteiger partial charge >= 0.3 is 18.5 Å². The normalized spacial score (nSPS) is 5.14. The summed E-state index contributed by atoms with van der Waals surface area (Å²) in [6.07, 6.45) is -5.50. The van der Waals surface area contributed by atoms with Crippen LogP contribution in [-0.2, 0) is 0 Å². The summed E-state index contributed by atoms with van der Waals surface area (Å²) in [5.74, 6) is 0. The van der Waals surface area contributed by atoms with Crippen molar-refractivity contribution >= 4 is 18.5 Å². The molecule has 94 valence electrons. The third-order valence-corrected chi connectivity index (χ3v) is 0. The Kier molecular flexibility index (Phi) is 48.6. The molecule has 6 N–H and O–H groups in total. The largest absolute Gasteiger partial charge is 0.503 e. The van der Waals surface area contributed by atoms with E-state index in [1.807, 2.05) is 0 Å². The van der Waals surface area contributed by atoms with Crippen LogP contribution in [0.5, 0.6) is 0 Å². The van der Waals surface area contributed by atoms with Crippen LogP contribution in [0.1, 0.15) is 0 Å². The van der Waals surface area contributed by atoms with Gasteiger partial charge in [-0.3, -0.25) is 0 Å². The predicted molar refractivity (Wildman–Crippen MR) is 32.0 cm³/mol. The van der Waals surface area contributed by atoms with E-state index in [0.29, 0.717) is 0 Å². The molecule has 11 heteroatoms. The van der Waals surface area contributed by atoms with Crippen LogP contribution < -0.4 is 0 Å². The van der Waals surface area contributed by atoms with Crippen LogP contribution in [0.25, 0.3) is 0 Å². The summed E-state index contributed by atoms with van der Waals surface area (Å²) in [5.41, 5.74) is 0. The minimum atomic E-state index is -1.83. The maximum absolute atomic E-state index is 8.56. The van der Waals surface area contributed by atoms with Crippen molar-refractivity contribution in [3.8, 4) is 0 Å². The van der Waals surface area contributed by atoms with Crippen LogP contribution in [0.4, 0.5) is 14.4 Å². The number of hydrogen-bond donors (Lipinski definition) is 6. The van der Waals surface area contributed by atoms with Crippen LogP contribution in [0.2, 0.25) is 0 Å². The Bertz CT molecular complexity index is 116. The molecule has 0 spiro atoms. The molecule has 9 nitrogen and oxygen atoms in total. The first-order valence-electron chi connectivity index (χ1n) is 1.95. The fourth-order valence-electron chi connectivity index (χ4n) is 0. The van der Waals surface area contributed by atoms with E-state index >= 15 is 0 Å². The van der Waals surface area contributed by atoms with Gasteiger partial charge in [0.05, 0.1) is 0 Å². The van der Waals surface area contributed by atoms with Crippen molar-refractivity contribution < 1.29 is 120 Å². The first-order chi connectivity index (χ1) is 5.20. The summed E-state index contributed by atoms with van der Waals surface area (Å²) in [7, 11) is 0. The molecule has 0 bridgehead atoms. The van der Waals surface area contributed by atoms with Gasteiger partial charge in [-0.2, -0.15) is 0 Å². The molecular weight excluding hydrogens is 510 g/mol. The molecule has 0 aromatic heterocycles. The Morgan fingerprint density at radius 1 is 0.500 bits per heavy atom. The van der Waals surface area contributed by atoms with Crippen molar-refractivity contribution in [1.29, 1.82) is 0 Å². The SMILES string of the molecule is O=C(O)O.O=C(O)O.O=C(O)O.[Ho].[Ho]. The maximum atomic E-state index is 8.56. The topological polar surface area (TPSA) is 173 Å². The molecule has 0 heterocycles. The second kappa shape index (κ2) is 23.3. The summed E-state index contributed by atoms with van der Waals surface area (Å²) in [6.45, 7) is 0. The van der Waals surface area contributed by atoms with Crippen molar-refractivity contribution in [3.63, 3.8) is 0 Å². The zero-order chi connectivity index (χ0) is 10.7. The molecule has 0 fully saturated rings. The van der Waals surface area contributed by atoms with E-state index in [2.05, 4.69) is 0 Å². The van der Waals surface area contributed by atoms with E-state index < -0.39 is 18.5 Å². The molecular formula is C3H6Ho2O9. The van der Waals surface area contributed by atoms with Crippen LogP contribution in [0.3, 0.4) is 0 Å². The fraction of sp³-hybridized carbons (Fsp3) is 0. The first kappa shape index (κ1) is 29.3. The molecule has 0 aromatic carbocycles. The monoisotopic (exact) mass is 516 g/mol. The molecule has 0 aliphatic heterocycles. The van der Waals surface area contributed by atoms with Crippen LogP contribution >= 0.6 is 0 Å². The summed E-state index contributed by atoms with van der Waals surface area (Å²) in [6, 6.07) is 0. The van der Waals surface area contributed by atoms with Gasteiger partial charge in [-0.05, 0) is 0 Å². The summed E-state index contributed by atoms with van der Waals surface area (Å²) < 4.78 is 0. The summed E-state index contributed by atoms with van der Waals surface area (Å²) >= 11 is 0. The zero-order valence-corrected chi connectivity index (χ0v) is 9.88. The van der Waals surface area contributed by atoms with E-state index in [9.17, 15) is 0 Å². The van der Waals surface area contributed by atoms with Gasteiger partial charge < -0.3 is 30.6 Å². The van der Waals surface area contributed by atoms with E-state index in [-0.39, 0.29) is 75.5 Å². The summed E-state index contributed by atoms with van der Waals surface area (Å²) in [4.78, 5) is 25.7. The van der Waals surface area contributed by atoms with E-state index in [1.54, 1.807) is 0 Å². The Morgan fingerprint density at radius 2 is 0.500 bits per heavy atom. The van der Waals surface area contributed by atoms with Gasteiger partial charge in [0, 0.05) is 75.5 Å². The van der Waals surface area contributed by atoms with E-state index in [1.165, 1.54) is 0 Å². The molecule has 0 rings (SSSR count). The smallest absolute Gasteiger partial charge is 0.450 e. The predicted octanol–water partition coefficient (Wildman–Crippen LogP) is 0.667. The van der Waals surface area contributed by atoms with Gasteiger partial charge in [-0.1, -0.05) is 0 Å². The molecule has 14 heavy (non-hydrogen) atoms. The van der Waals surface area contributed by atoms with Gasteiger partial charge in [-0.15, -0.1) is 0 Å². The first-order valence-corrected chi connectivity index (χ1v) is 1.95. The Balaban J connectivity index is -0.0000000270. The van der Waals surface area contributed by atoms with Crippen molar-refractivity contribution in [2.75, 3.05) is 0 Å². The molecule has 0 aliphatic carbocycles. The molecule has 0 saturated heterocycles. The molecule has 0 saturated carbocycles. The van der Waals surface area contributed by atoms with Crippen LogP contribution in [-0.4, -0.2) is 49.1 Å². The van der Waals surface area contributed by atoms with Crippen molar-refractivity contribution in [3.05, 3.63) is 0 Å². The molecule has 0 amide bonds. The molecule has 0 aliphatic rings. The van der Waals surface area contributed by atoms with Crippen molar-refractivity contribution in [2.24, 2.45) is 0 Å². The second-order valence-electron chi connectivity index (χ2n) is 0.848. The third kappa shape index (κ3) is 14600. The fourth-order valence-corrected chi connectivity index (χ4v) is 0. The Morgan fingerprint density at radius 3 is 0.500 bits per heavy atom. The Labute approximate surface area is 137 Å². The van der Waals surface area contributed by atoms with Crippen molar-refractivity contribution in [2.45, 2.75) is 0 Å². The average Bonchev–Trinajstić information content (AvgIpc) is 1.54. The molecule has 0 aromatic rings. The van der Waals surface area contributed by atoms with E-state index in [0.717, 1.165) is 0 Å². The zero-order valence-electron chi connectivity index (χ0n) is 6.01. The second-order valence-corrected chi connectivity index (χ2v) is 0.848. The maximum Gasteiger partial charge on any atom is 0.503 e. The number of carboxylic acid groups (broad SMARTS) is 6. The number of rotatable bonds is 0. The molecule has 0 atom stereocenters. The van der Waals surface area contributed by atoms with Gasteiger partial charge in [0.2, 0.25) is 0 Å². The van der Waals surface area contributed by atoms with Gasteiger partial charge in [0.1, 0.15) is 0 Å². The quantitative estimate of drug-likeness (QED) is 0.253. The minimum Gasteiger partial charge on any atom is -0.450 e. The number of hydrogen-bond acceptors (Lipinski definition) is 3. The minimum absolute atomic E-state index is 0. The molecule has 2 radical (unpaired) electrons. The van der Waals surface area contributed by atoms with Crippen LogP contribution in [0.15, 0.2) is 0 Å². The van der Waals surface area contributed by atoms with Gasteiger partial charge in [0.15, 0.2) is 0 Å². The standard InChI is InChI=1S/3CH2O3.2Ho/c3*2-1(3)4;;/h3*(H2,2,3,4);;. The van der Waals surface area contributed by atoms with Gasteiger partial charge in [-0.25, -0.2) is 14.4 Å².